The van der Waals surface area contributed by atoms with E-state index in [0.717, 1.165) is 29.9 Å². The van der Waals surface area contributed by atoms with Gasteiger partial charge in [-0.1, -0.05) is 43.7 Å². The highest BCUT2D eigenvalue weighted by molar-refractivity contribution is 6.61. The molecule has 0 bridgehead atoms. The van der Waals surface area contributed by atoms with Gasteiger partial charge in [0.15, 0.2) is 11.6 Å². The van der Waals surface area contributed by atoms with E-state index in [0.29, 0.717) is 24.7 Å². The average Bonchev–Trinajstić information content (AvgIpc) is 2.59. The predicted molar refractivity (Wildman–Crippen MR) is 87.5 cm³/mol. The van der Waals surface area contributed by atoms with Crippen molar-refractivity contribution in [2.75, 3.05) is 13.2 Å². The molecule has 0 radical (unpaired) electrons. The normalized spacial score (nSPS) is 15.9. The predicted octanol–water partition coefficient (Wildman–Crippen LogP) is 3.79. The zero-order chi connectivity index (χ0) is 16.2. The number of hydrogen-bond donors (Lipinski definition) is 0. The third-order valence-corrected chi connectivity index (χ3v) is 4.10. The van der Waals surface area contributed by atoms with Crippen LogP contribution in [-0.2, 0) is 9.31 Å². The highest BCUT2D eigenvalue weighted by Gasteiger charge is 2.28. The second-order valence-corrected chi connectivity index (χ2v) is 5.90. The van der Waals surface area contributed by atoms with Gasteiger partial charge in [-0.05, 0) is 35.1 Å². The van der Waals surface area contributed by atoms with Gasteiger partial charge >= 0.3 is 7.12 Å². The summed E-state index contributed by atoms with van der Waals surface area (Å²) in [5, 5.41) is 0. The molecule has 0 N–H and O–H groups in total. The summed E-state index contributed by atoms with van der Waals surface area (Å²) in [6.07, 6.45) is 2.24. The van der Waals surface area contributed by atoms with E-state index < -0.39 is 11.6 Å². The number of benzene rings is 2. The van der Waals surface area contributed by atoms with Crippen molar-refractivity contribution in [2.24, 2.45) is 5.92 Å². The molecule has 2 aromatic carbocycles. The van der Waals surface area contributed by atoms with Crippen LogP contribution in [0.1, 0.15) is 19.8 Å². The van der Waals surface area contributed by atoms with Crippen LogP contribution >= 0.6 is 0 Å². The lowest BCUT2D eigenvalue weighted by Gasteiger charge is -2.27. The van der Waals surface area contributed by atoms with Crippen LogP contribution in [0.2, 0.25) is 0 Å². The van der Waals surface area contributed by atoms with E-state index in [-0.39, 0.29) is 7.12 Å². The largest absolute Gasteiger partial charge is 0.493 e. The van der Waals surface area contributed by atoms with Crippen LogP contribution in [-0.4, -0.2) is 20.3 Å². The van der Waals surface area contributed by atoms with Crippen molar-refractivity contribution in [2.45, 2.75) is 19.8 Å². The summed E-state index contributed by atoms with van der Waals surface area (Å²) in [5.41, 5.74) is 2.41. The minimum Gasteiger partial charge on any atom is -0.407 e. The maximum absolute atomic E-state index is 13.3. The van der Waals surface area contributed by atoms with Crippen LogP contribution in [0.4, 0.5) is 8.78 Å². The molecule has 1 aliphatic heterocycles. The van der Waals surface area contributed by atoms with E-state index in [1.807, 2.05) is 24.3 Å². The van der Waals surface area contributed by atoms with Crippen molar-refractivity contribution < 1.29 is 18.1 Å². The average molecular weight is 316 g/mol. The Morgan fingerprint density at radius 2 is 1.61 bits per heavy atom. The van der Waals surface area contributed by atoms with Gasteiger partial charge in [0.2, 0.25) is 0 Å². The monoisotopic (exact) mass is 316 g/mol. The van der Waals surface area contributed by atoms with Crippen molar-refractivity contribution in [1.29, 1.82) is 0 Å². The van der Waals surface area contributed by atoms with Gasteiger partial charge in [-0.2, -0.15) is 0 Å². The SMILES string of the molecule is CCCC1COB(c2ccc(-c3ccc(F)c(F)c3)cc2)OC1. The van der Waals surface area contributed by atoms with Gasteiger partial charge in [0.1, 0.15) is 0 Å². The van der Waals surface area contributed by atoms with Crippen LogP contribution in [0.5, 0.6) is 0 Å². The molecule has 1 aliphatic rings. The lowest BCUT2D eigenvalue weighted by Crippen LogP contribution is -2.44. The summed E-state index contributed by atoms with van der Waals surface area (Å²) in [7, 11) is -0.345. The molecular formula is C18H19BF2O2. The molecule has 2 nitrogen and oxygen atoms in total. The molecule has 0 spiro atoms. The third-order valence-electron chi connectivity index (χ3n) is 4.10. The third kappa shape index (κ3) is 3.79. The highest BCUT2D eigenvalue weighted by atomic mass is 19.2. The van der Waals surface area contributed by atoms with Gasteiger partial charge in [0.05, 0.1) is 0 Å². The van der Waals surface area contributed by atoms with E-state index in [9.17, 15) is 8.78 Å². The summed E-state index contributed by atoms with van der Waals surface area (Å²) in [4.78, 5) is 0. The first kappa shape index (κ1) is 16.2. The van der Waals surface area contributed by atoms with Crippen molar-refractivity contribution in [1.82, 2.24) is 0 Å². The van der Waals surface area contributed by atoms with Crippen LogP contribution in [0.25, 0.3) is 11.1 Å². The Hall–Kier alpha value is -1.72. The Balaban J connectivity index is 1.69. The lowest BCUT2D eigenvalue weighted by molar-refractivity contribution is 0.0821. The molecule has 2 aromatic rings. The van der Waals surface area contributed by atoms with Crippen molar-refractivity contribution in [3.05, 3.63) is 54.1 Å². The molecule has 3 rings (SSSR count). The van der Waals surface area contributed by atoms with Crippen LogP contribution in [0.15, 0.2) is 42.5 Å². The summed E-state index contributed by atoms with van der Waals surface area (Å²) in [6.45, 7) is 3.58. The van der Waals surface area contributed by atoms with E-state index in [1.165, 1.54) is 6.07 Å². The van der Waals surface area contributed by atoms with Gasteiger partial charge in [0.25, 0.3) is 0 Å². The molecule has 1 heterocycles. The Kier molecular flexibility index (Phi) is 5.08. The van der Waals surface area contributed by atoms with Crippen LogP contribution < -0.4 is 5.46 Å². The fourth-order valence-corrected chi connectivity index (χ4v) is 2.82. The number of halogens is 2. The fourth-order valence-electron chi connectivity index (χ4n) is 2.82. The molecule has 1 saturated heterocycles. The zero-order valence-electron chi connectivity index (χ0n) is 13.1. The first-order chi connectivity index (χ1) is 11.2. The Labute approximate surface area is 135 Å². The summed E-state index contributed by atoms with van der Waals surface area (Å²) < 4.78 is 37.9. The standard InChI is InChI=1S/C18H19BF2O2/c1-2-3-13-11-22-19(23-12-13)16-7-4-14(5-8-16)15-6-9-17(20)18(21)10-15/h4-10,13H,2-3,11-12H2,1H3. The van der Waals surface area contributed by atoms with Gasteiger partial charge in [-0.15, -0.1) is 0 Å². The number of rotatable bonds is 4. The molecule has 0 aliphatic carbocycles. The summed E-state index contributed by atoms with van der Waals surface area (Å²) >= 11 is 0. The first-order valence-corrected chi connectivity index (χ1v) is 7.96. The molecular weight excluding hydrogens is 297 g/mol. The molecule has 5 heteroatoms. The molecule has 0 saturated carbocycles. The molecule has 1 fully saturated rings. The highest BCUT2D eigenvalue weighted by Crippen LogP contribution is 2.21. The quantitative estimate of drug-likeness (QED) is 0.799. The van der Waals surface area contributed by atoms with Crippen LogP contribution in [0, 0.1) is 17.6 Å². The van der Waals surface area contributed by atoms with Crippen molar-refractivity contribution >= 4 is 12.6 Å². The van der Waals surface area contributed by atoms with Gasteiger partial charge in [0, 0.05) is 19.1 Å². The minimum atomic E-state index is -0.840. The smallest absolute Gasteiger partial charge is 0.407 e. The molecule has 0 amide bonds. The second kappa shape index (κ2) is 7.24. The first-order valence-electron chi connectivity index (χ1n) is 7.96. The maximum atomic E-state index is 13.3. The topological polar surface area (TPSA) is 18.5 Å². The molecule has 0 aromatic heterocycles. The molecule has 0 unspecified atom stereocenters. The van der Waals surface area contributed by atoms with E-state index in [4.69, 9.17) is 9.31 Å². The summed E-state index contributed by atoms with van der Waals surface area (Å²) in [5.74, 6) is -1.21. The molecule has 0 atom stereocenters. The van der Waals surface area contributed by atoms with Gasteiger partial charge in [-0.3, -0.25) is 0 Å². The minimum absolute atomic E-state index is 0.345. The Morgan fingerprint density at radius 1 is 0.957 bits per heavy atom. The maximum Gasteiger partial charge on any atom is 0.493 e. The fraction of sp³-hybridized carbons (Fsp3) is 0.333. The Bertz CT molecular complexity index is 653. The van der Waals surface area contributed by atoms with Crippen molar-refractivity contribution in [3.8, 4) is 11.1 Å². The summed E-state index contributed by atoms with van der Waals surface area (Å²) in [6, 6.07) is 11.5. The molecule has 120 valence electrons. The zero-order valence-corrected chi connectivity index (χ0v) is 13.1. The van der Waals surface area contributed by atoms with E-state index in [1.54, 1.807) is 6.07 Å². The second-order valence-electron chi connectivity index (χ2n) is 5.90. The van der Waals surface area contributed by atoms with Gasteiger partial charge in [-0.25, -0.2) is 8.78 Å². The molecule has 23 heavy (non-hydrogen) atoms. The van der Waals surface area contributed by atoms with Gasteiger partial charge < -0.3 is 9.31 Å². The van der Waals surface area contributed by atoms with E-state index in [2.05, 4.69) is 6.92 Å². The van der Waals surface area contributed by atoms with Crippen molar-refractivity contribution in [3.63, 3.8) is 0 Å². The van der Waals surface area contributed by atoms with E-state index >= 15 is 0 Å². The van der Waals surface area contributed by atoms with Crippen LogP contribution in [0.3, 0.4) is 0 Å². The number of hydrogen-bond acceptors (Lipinski definition) is 2. The Morgan fingerprint density at radius 3 is 2.22 bits per heavy atom. The lowest BCUT2D eigenvalue weighted by atomic mass is 9.76.